The summed E-state index contributed by atoms with van der Waals surface area (Å²) in [6, 6.07) is 5.53. The Kier molecular flexibility index (Phi) is 9.89. The first-order valence-electron chi connectivity index (χ1n) is 8.18. The summed E-state index contributed by atoms with van der Waals surface area (Å²) in [7, 11) is 1.77. The van der Waals surface area contributed by atoms with Crippen LogP contribution in [-0.2, 0) is 11.2 Å². The van der Waals surface area contributed by atoms with Crippen molar-refractivity contribution in [3.8, 4) is 0 Å². The van der Waals surface area contributed by atoms with Gasteiger partial charge in [-0.3, -0.25) is 9.79 Å². The molecular formula is C17H25Cl2IN4O. The average molecular weight is 499 g/mol. The molecule has 1 saturated heterocycles. The summed E-state index contributed by atoms with van der Waals surface area (Å²) in [6.07, 6.45) is 3.22. The molecule has 0 saturated carbocycles. The number of hydrogen-bond acceptors (Lipinski definition) is 2. The molecule has 0 radical (unpaired) electrons. The van der Waals surface area contributed by atoms with Crippen molar-refractivity contribution < 1.29 is 4.79 Å². The van der Waals surface area contributed by atoms with E-state index in [1.54, 1.807) is 7.05 Å². The molecule has 3 N–H and O–H groups in total. The lowest BCUT2D eigenvalue weighted by Gasteiger charge is -2.34. The second-order valence-corrected chi connectivity index (χ2v) is 6.86. The molecule has 1 aliphatic rings. The fourth-order valence-electron chi connectivity index (χ4n) is 3.11. The summed E-state index contributed by atoms with van der Waals surface area (Å²) in [4.78, 5) is 17.7. The zero-order valence-corrected chi connectivity index (χ0v) is 18.1. The maximum absolute atomic E-state index is 11.1. The topological polar surface area (TPSA) is 70.7 Å². The van der Waals surface area contributed by atoms with E-state index < -0.39 is 0 Å². The largest absolute Gasteiger partial charge is 0.370 e. The van der Waals surface area contributed by atoms with Crippen molar-refractivity contribution in [3.05, 3.63) is 33.8 Å². The van der Waals surface area contributed by atoms with Crippen molar-refractivity contribution in [2.24, 2.45) is 16.6 Å². The molecule has 1 aliphatic heterocycles. The van der Waals surface area contributed by atoms with E-state index in [1.807, 2.05) is 18.2 Å². The molecule has 0 spiro atoms. The van der Waals surface area contributed by atoms with Crippen LogP contribution in [0.5, 0.6) is 0 Å². The summed E-state index contributed by atoms with van der Waals surface area (Å²) >= 11 is 12.4. The standard InChI is InChI=1S/C17H24Cl2N4O.HI/c1-21-17(23-9-3-4-12(11-23)10-16(20)24)22-8-7-13-14(18)5-2-6-15(13)19;/h2,5-6,12H,3-4,7-11H2,1H3,(H2,20,24)(H,21,22);1H. The third kappa shape index (κ3) is 6.83. The predicted octanol–water partition coefficient (Wildman–Crippen LogP) is 3.32. The molecular weight excluding hydrogens is 474 g/mol. The third-order valence-corrected chi connectivity index (χ3v) is 4.95. The number of benzene rings is 1. The van der Waals surface area contributed by atoms with Crippen LogP contribution in [0.1, 0.15) is 24.8 Å². The SMILES string of the molecule is CN=C(NCCc1c(Cl)cccc1Cl)N1CCCC(CC(N)=O)C1.I. The number of primary amides is 1. The minimum Gasteiger partial charge on any atom is -0.370 e. The van der Waals surface area contributed by atoms with Gasteiger partial charge in [0.1, 0.15) is 0 Å². The molecule has 1 atom stereocenters. The van der Waals surface area contributed by atoms with Crippen molar-refractivity contribution in [2.45, 2.75) is 25.7 Å². The Morgan fingerprint density at radius 2 is 2.08 bits per heavy atom. The lowest BCUT2D eigenvalue weighted by atomic mass is 9.95. The van der Waals surface area contributed by atoms with Crippen LogP contribution in [0, 0.1) is 5.92 Å². The highest BCUT2D eigenvalue weighted by molar-refractivity contribution is 14.0. The highest BCUT2D eigenvalue weighted by atomic mass is 127. The van der Waals surface area contributed by atoms with E-state index in [0.717, 1.165) is 43.9 Å². The van der Waals surface area contributed by atoms with Crippen LogP contribution in [0.2, 0.25) is 10.0 Å². The van der Waals surface area contributed by atoms with Crippen LogP contribution in [-0.4, -0.2) is 43.4 Å². The first-order chi connectivity index (χ1) is 11.5. The Morgan fingerprint density at radius 1 is 1.40 bits per heavy atom. The molecule has 8 heteroatoms. The molecule has 1 aromatic rings. The first-order valence-corrected chi connectivity index (χ1v) is 8.93. The number of nitrogens with zero attached hydrogens (tertiary/aromatic N) is 2. The van der Waals surface area contributed by atoms with Gasteiger partial charge in [-0.1, -0.05) is 29.3 Å². The van der Waals surface area contributed by atoms with Crippen LogP contribution in [0.25, 0.3) is 0 Å². The smallest absolute Gasteiger partial charge is 0.217 e. The minimum absolute atomic E-state index is 0. The highest BCUT2D eigenvalue weighted by Gasteiger charge is 2.23. The number of nitrogens with one attached hydrogen (secondary N) is 1. The average Bonchev–Trinajstić information content (AvgIpc) is 2.53. The van der Waals surface area contributed by atoms with Gasteiger partial charge in [0.2, 0.25) is 5.91 Å². The fraction of sp³-hybridized carbons (Fsp3) is 0.529. The Bertz CT molecular complexity index is 592. The molecule has 0 bridgehead atoms. The van der Waals surface area contributed by atoms with Crippen molar-refractivity contribution in [2.75, 3.05) is 26.7 Å². The van der Waals surface area contributed by atoms with Gasteiger partial charge < -0.3 is 16.0 Å². The second kappa shape index (κ2) is 11.1. The number of hydrogen-bond donors (Lipinski definition) is 2. The summed E-state index contributed by atoms with van der Waals surface area (Å²) in [5, 5.41) is 4.72. The zero-order chi connectivity index (χ0) is 17.5. The number of halogens is 3. The number of guanidine groups is 1. The monoisotopic (exact) mass is 498 g/mol. The number of carbonyl (C=O) groups excluding carboxylic acids is 1. The van der Waals surface area contributed by atoms with Gasteiger partial charge in [-0.15, -0.1) is 24.0 Å². The molecule has 0 aliphatic carbocycles. The minimum atomic E-state index is -0.238. The van der Waals surface area contributed by atoms with Crippen molar-refractivity contribution >= 4 is 59.0 Å². The van der Waals surface area contributed by atoms with E-state index in [1.165, 1.54) is 0 Å². The van der Waals surface area contributed by atoms with Crippen LogP contribution in [0.4, 0.5) is 0 Å². The van der Waals surface area contributed by atoms with E-state index in [9.17, 15) is 4.79 Å². The quantitative estimate of drug-likeness (QED) is 0.371. The molecule has 1 amide bonds. The number of piperidine rings is 1. The van der Waals surface area contributed by atoms with Crippen LogP contribution >= 0.6 is 47.2 Å². The highest BCUT2D eigenvalue weighted by Crippen LogP contribution is 2.24. The van der Waals surface area contributed by atoms with E-state index in [-0.39, 0.29) is 29.9 Å². The number of nitrogens with two attached hydrogens (primary N) is 1. The van der Waals surface area contributed by atoms with Gasteiger partial charge in [0.25, 0.3) is 0 Å². The maximum Gasteiger partial charge on any atom is 0.217 e. The Hall–Kier alpha value is -0.730. The number of amides is 1. The van der Waals surface area contributed by atoms with Gasteiger partial charge in [0, 0.05) is 43.1 Å². The number of rotatable bonds is 5. The molecule has 2 rings (SSSR count). The van der Waals surface area contributed by atoms with Crippen molar-refractivity contribution in [1.29, 1.82) is 0 Å². The van der Waals surface area contributed by atoms with Crippen LogP contribution < -0.4 is 11.1 Å². The lowest BCUT2D eigenvalue weighted by Crippen LogP contribution is -2.47. The lowest BCUT2D eigenvalue weighted by molar-refractivity contribution is -0.119. The van der Waals surface area contributed by atoms with E-state index >= 15 is 0 Å². The zero-order valence-electron chi connectivity index (χ0n) is 14.3. The first kappa shape index (κ1) is 22.3. The number of carbonyl (C=O) groups is 1. The Labute approximate surface area is 176 Å². The van der Waals surface area contributed by atoms with Gasteiger partial charge >= 0.3 is 0 Å². The third-order valence-electron chi connectivity index (χ3n) is 4.24. The second-order valence-electron chi connectivity index (χ2n) is 6.05. The fourth-order valence-corrected chi connectivity index (χ4v) is 3.70. The summed E-state index contributed by atoms with van der Waals surface area (Å²) in [5.41, 5.74) is 6.26. The normalized spacial score (nSPS) is 17.8. The van der Waals surface area contributed by atoms with Crippen LogP contribution in [0.3, 0.4) is 0 Å². The summed E-state index contributed by atoms with van der Waals surface area (Å²) < 4.78 is 0. The van der Waals surface area contributed by atoms with Gasteiger partial charge in [0.05, 0.1) is 0 Å². The maximum atomic E-state index is 11.1. The number of aliphatic imine (C=N–C) groups is 1. The summed E-state index contributed by atoms with van der Waals surface area (Å²) in [5.74, 6) is 0.901. The van der Waals surface area contributed by atoms with E-state index in [2.05, 4.69) is 15.2 Å². The van der Waals surface area contributed by atoms with Gasteiger partial charge in [-0.25, -0.2) is 0 Å². The molecule has 1 aromatic carbocycles. The van der Waals surface area contributed by atoms with Crippen molar-refractivity contribution in [3.63, 3.8) is 0 Å². The van der Waals surface area contributed by atoms with Crippen LogP contribution in [0.15, 0.2) is 23.2 Å². The van der Waals surface area contributed by atoms with E-state index in [0.29, 0.717) is 28.9 Å². The Morgan fingerprint density at radius 3 is 2.68 bits per heavy atom. The molecule has 140 valence electrons. The van der Waals surface area contributed by atoms with Gasteiger partial charge in [-0.2, -0.15) is 0 Å². The molecule has 1 heterocycles. The summed E-state index contributed by atoms with van der Waals surface area (Å²) in [6.45, 7) is 2.42. The van der Waals surface area contributed by atoms with Crippen molar-refractivity contribution in [1.82, 2.24) is 10.2 Å². The Balaban J connectivity index is 0.00000312. The molecule has 25 heavy (non-hydrogen) atoms. The van der Waals surface area contributed by atoms with Gasteiger partial charge in [-0.05, 0) is 42.9 Å². The number of likely N-dealkylation sites (tertiary alicyclic amines) is 1. The van der Waals surface area contributed by atoms with Gasteiger partial charge in [0.15, 0.2) is 5.96 Å². The molecule has 5 nitrogen and oxygen atoms in total. The van der Waals surface area contributed by atoms with E-state index in [4.69, 9.17) is 28.9 Å². The molecule has 1 unspecified atom stereocenters. The predicted molar refractivity (Wildman–Crippen MR) is 115 cm³/mol. The molecule has 1 fully saturated rings. The molecule has 0 aromatic heterocycles.